The molecule has 8 heteroatoms. The molecule has 0 amide bonds. The highest BCUT2D eigenvalue weighted by molar-refractivity contribution is 5.89. The number of esters is 4. The molecule has 0 aromatic heterocycles. The monoisotopic (exact) mass is 316 g/mol. The fourth-order valence-electron chi connectivity index (χ4n) is 2.05. The summed E-state index contributed by atoms with van der Waals surface area (Å²) in [6.45, 7) is 0.381. The van der Waals surface area contributed by atoms with E-state index < -0.39 is 35.7 Å². The normalized spacial score (nSPS) is 23.4. The lowest BCUT2D eigenvalue weighted by Gasteiger charge is -2.20. The second-order valence-electron chi connectivity index (χ2n) is 4.98. The summed E-state index contributed by atoms with van der Waals surface area (Å²) >= 11 is 0. The van der Waals surface area contributed by atoms with Crippen LogP contribution >= 0.6 is 0 Å². The summed E-state index contributed by atoms with van der Waals surface area (Å²) in [7, 11) is 2.47. The predicted molar refractivity (Wildman–Crippen MR) is 71.4 cm³/mol. The molecule has 0 aromatic carbocycles. The highest BCUT2D eigenvalue weighted by Gasteiger charge is 2.29. The van der Waals surface area contributed by atoms with Crippen LogP contribution in [-0.2, 0) is 38.1 Å². The average Bonchev–Trinajstić information content (AvgIpc) is 2.48. The van der Waals surface area contributed by atoms with Crippen molar-refractivity contribution in [3.8, 4) is 0 Å². The number of rotatable bonds is 4. The van der Waals surface area contributed by atoms with Crippen molar-refractivity contribution >= 4 is 23.9 Å². The van der Waals surface area contributed by atoms with Gasteiger partial charge < -0.3 is 18.9 Å². The van der Waals surface area contributed by atoms with E-state index >= 15 is 0 Å². The van der Waals surface area contributed by atoms with Crippen LogP contribution in [0.2, 0.25) is 0 Å². The van der Waals surface area contributed by atoms with Gasteiger partial charge in [0, 0.05) is 12.5 Å². The molecule has 2 unspecified atom stereocenters. The first kappa shape index (κ1) is 18.1. The molecule has 8 nitrogen and oxygen atoms in total. The molecule has 22 heavy (non-hydrogen) atoms. The highest BCUT2D eigenvalue weighted by Crippen LogP contribution is 2.18. The van der Waals surface area contributed by atoms with Gasteiger partial charge in [-0.05, 0) is 6.42 Å². The van der Waals surface area contributed by atoms with Crippen LogP contribution in [0.15, 0.2) is 0 Å². The number of carbonyl (C=O) groups excluding carboxylic acids is 4. The van der Waals surface area contributed by atoms with Crippen LogP contribution < -0.4 is 0 Å². The van der Waals surface area contributed by atoms with Gasteiger partial charge in [0.1, 0.15) is 0 Å². The van der Waals surface area contributed by atoms with Crippen LogP contribution in [0.3, 0.4) is 0 Å². The molecule has 1 saturated heterocycles. The van der Waals surface area contributed by atoms with E-state index in [9.17, 15) is 19.2 Å². The maximum Gasteiger partial charge on any atom is 0.317 e. The van der Waals surface area contributed by atoms with Crippen molar-refractivity contribution in [3.63, 3.8) is 0 Å². The maximum absolute atomic E-state index is 11.9. The fourth-order valence-corrected chi connectivity index (χ4v) is 2.05. The average molecular weight is 316 g/mol. The predicted octanol–water partition coefficient (Wildman–Crippen LogP) is 0.225. The Morgan fingerprint density at radius 1 is 1.14 bits per heavy atom. The molecule has 0 saturated carbocycles. The zero-order valence-corrected chi connectivity index (χ0v) is 12.7. The van der Waals surface area contributed by atoms with Gasteiger partial charge in [-0.15, -0.1) is 0 Å². The Labute approximate surface area is 128 Å². The van der Waals surface area contributed by atoms with Gasteiger partial charge in [-0.1, -0.05) is 0 Å². The van der Waals surface area contributed by atoms with Crippen LogP contribution in [0.5, 0.6) is 0 Å². The summed E-state index contributed by atoms with van der Waals surface area (Å²) in [5.74, 6) is -3.75. The Balaban J connectivity index is 2.65. The molecule has 1 heterocycles. The number of carbonyl (C=O) groups is 4. The van der Waals surface area contributed by atoms with Gasteiger partial charge in [-0.25, -0.2) is 0 Å². The molecule has 0 aromatic rings. The van der Waals surface area contributed by atoms with E-state index in [2.05, 4.69) is 9.47 Å². The van der Waals surface area contributed by atoms with Crippen molar-refractivity contribution in [1.82, 2.24) is 0 Å². The lowest BCUT2D eigenvalue weighted by molar-refractivity contribution is -0.167. The molecule has 0 N–H and O–H groups in total. The molecule has 2 atom stereocenters. The van der Waals surface area contributed by atoms with E-state index in [0.29, 0.717) is 0 Å². The third-order valence-electron chi connectivity index (χ3n) is 3.29. The van der Waals surface area contributed by atoms with E-state index in [0.717, 1.165) is 0 Å². The van der Waals surface area contributed by atoms with Crippen LogP contribution in [-0.4, -0.2) is 51.3 Å². The molecule has 1 aliphatic rings. The number of cyclic esters (lactones) is 2. The van der Waals surface area contributed by atoms with Crippen LogP contribution in [0.25, 0.3) is 0 Å². The van der Waals surface area contributed by atoms with Crippen molar-refractivity contribution in [1.29, 1.82) is 0 Å². The van der Waals surface area contributed by atoms with Crippen molar-refractivity contribution in [2.24, 2.45) is 11.8 Å². The van der Waals surface area contributed by atoms with E-state index in [-0.39, 0.29) is 38.9 Å². The first-order valence-electron chi connectivity index (χ1n) is 6.92. The Morgan fingerprint density at radius 2 is 1.77 bits per heavy atom. The topological polar surface area (TPSA) is 105 Å². The third kappa shape index (κ3) is 6.21. The lowest BCUT2D eigenvalue weighted by atomic mass is 10.00. The van der Waals surface area contributed by atoms with Gasteiger partial charge in [-0.3, -0.25) is 19.2 Å². The van der Waals surface area contributed by atoms with E-state index in [4.69, 9.17) is 9.47 Å². The van der Waals surface area contributed by atoms with Crippen molar-refractivity contribution in [2.75, 3.05) is 27.4 Å². The maximum atomic E-state index is 11.9. The Kier molecular flexibility index (Phi) is 7.51. The van der Waals surface area contributed by atoms with Gasteiger partial charge in [0.05, 0.1) is 46.0 Å². The van der Waals surface area contributed by atoms with Gasteiger partial charge in [0.25, 0.3) is 0 Å². The molecule has 0 aliphatic carbocycles. The third-order valence-corrected chi connectivity index (χ3v) is 3.29. The first-order valence-corrected chi connectivity index (χ1v) is 6.92. The molecule has 1 rings (SSSR count). The Bertz CT molecular complexity index is 431. The number of methoxy groups -OCH3 is 2. The second kappa shape index (κ2) is 9.14. The standard InChI is InChI=1S/C14H20O8/c1-19-11(15)5-9-6-13(17)22-14(18)10(3-4-21-8-9)7-12(16)20-2/h9-10H,3-8H2,1-2H3. The van der Waals surface area contributed by atoms with Crippen LogP contribution in [0, 0.1) is 11.8 Å². The minimum absolute atomic E-state index is 0.00534. The molecule has 0 radical (unpaired) electrons. The summed E-state index contributed by atoms with van der Waals surface area (Å²) in [4.78, 5) is 46.1. The second-order valence-corrected chi connectivity index (χ2v) is 4.98. The van der Waals surface area contributed by atoms with E-state index in [1.54, 1.807) is 0 Å². The highest BCUT2D eigenvalue weighted by atomic mass is 16.6. The summed E-state index contributed by atoms with van der Waals surface area (Å²) in [5, 5.41) is 0. The molecular formula is C14H20O8. The number of hydrogen-bond donors (Lipinski definition) is 0. The molecule has 1 aliphatic heterocycles. The Hall–Kier alpha value is -1.96. The summed E-state index contributed by atoms with van der Waals surface area (Å²) in [5.41, 5.74) is 0. The van der Waals surface area contributed by atoms with Crippen LogP contribution in [0.4, 0.5) is 0 Å². The SMILES string of the molecule is COC(=O)CC1COCCC(CC(=O)OC)C(=O)OC(=O)C1. The minimum atomic E-state index is -0.784. The smallest absolute Gasteiger partial charge is 0.317 e. The molecular weight excluding hydrogens is 296 g/mol. The van der Waals surface area contributed by atoms with Gasteiger partial charge in [0.15, 0.2) is 0 Å². The Morgan fingerprint density at radius 3 is 2.41 bits per heavy atom. The lowest BCUT2D eigenvalue weighted by Crippen LogP contribution is -2.29. The molecule has 1 fully saturated rings. The van der Waals surface area contributed by atoms with Gasteiger partial charge in [0.2, 0.25) is 0 Å². The van der Waals surface area contributed by atoms with Gasteiger partial charge in [-0.2, -0.15) is 0 Å². The van der Waals surface area contributed by atoms with Gasteiger partial charge >= 0.3 is 23.9 Å². The van der Waals surface area contributed by atoms with Crippen molar-refractivity contribution in [3.05, 3.63) is 0 Å². The molecule has 0 bridgehead atoms. The fraction of sp³-hybridized carbons (Fsp3) is 0.714. The number of hydrogen-bond acceptors (Lipinski definition) is 8. The zero-order valence-electron chi connectivity index (χ0n) is 12.7. The first-order chi connectivity index (χ1) is 10.5. The zero-order chi connectivity index (χ0) is 16.5. The molecule has 0 spiro atoms. The molecule has 124 valence electrons. The summed E-state index contributed by atoms with van der Waals surface area (Å²) < 4.78 is 19.2. The summed E-state index contributed by atoms with van der Waals surface area (Å²) in [6.07, 6.45) is -0.0686. The quantitative estimate of drug-likeness (QED) is 0.412. The van der Waals surface area contributed by atoms with Crippen LogP contribution in [0.1, 0.15) is 25.7 Å². The van der Waals surface area contributed by atoms with Crippen molar-refractivity contribution in [2.45, 2.75) is 25.7 Å². The minimum Gasteiger partial charge on any atom is -0.469 e. The number of ether oxygens (including phenoxy) is 4. The van der Waals surface area contributed by atoms with E-state index in [1.165, 1.54) is 14.2 Å². The summed E-state index contributed by atoms with van der Waals surface area (Å²) in [6, 6.07) is 0. The van der Waals surface area contributed by atoms with E-state index in [1.807, 2.05) is 0 Å². The largest absolute Gasteiger partial charge is 0.469 e. The van der Waals surface area contributed by atoms with Crippen molar-refractivity contribution < 1.29 is 38.1 Å².